The SMILES string of the molecule is CN(C)CC(NC(=O)C1(NC(=O)OCC2c3ccccc3-c3ccccc32)CCCC1)C(=O)O. The number of carboxylic acids is 1. The first-order chi connectivity index (χ1) is 16.3. The summed E-state index contributed by atoms with van der Waals surface area (Å²) in [5, 5.41) is 14.9. The molecule has 180 valence electrons. The summed E-state index contributed by atoms with van der Waals surface area (Å²) in [5.41, 5.74) is 3.33. The van der Waals surface area contributed by atoms with Gasteiger partial charge in [-0.05, 0) is 49.2 Å². The molecule has 2 aromatic carbocycles. The van der Waals surface area contributed by atoms with Crippen molar-refractivity contribution in [2.75, 3.05) is 27.2 Å². The van der Waals surface area contributed by atoms with Gasteiger partial charge in [0.25, 0.3) is 0 Å². The highest BCUT2D eigenvalue weighted by Gasteiger charge is 2.44. The van der Waals surface area contributed by atoms with Crippen LogP contribution in [0.25, 0.3) is 11.1 Å². The zero-order valence-electron chi connectivity index (χ0n) is 19.5. The van der Waals surface area contributed by atoms with Crippen LogP contribution >= 0.6 is 0 Å². The number of nitrogens with one attached hydrogen (secondary N) is 2. The third kappa shape index (κ3) is 4.77. The summed E-state index contributed by atoms with van der Waals surface area (Å²) in [6.45, 7) is 0.304. The normalized spacial score (nSPS) is 17.0. The van der Waals surface area contributed by atoms with E-state index in [2.05, 4.69) is 22.8 Å². The lowest BCUT2D eigenvalue weighted by atomic mass is 9.96. The predicted molar refractivity (Wildman–Crippen MR) is 128 cm³/mol. The second-order valence-electron chi connectivity index (χ2n) is 9.37. The first-order valence-electron chi connectivity index (χ1n) is 11.6. The van der Waals surface area contributed by atoms with E-state index in [-0.39, 0.29) is 19.1 Å². The molecular formula is C26H31N3O5. The largest absolute Gasteiger partial charge is 0.480 e. The average Bonchev–Trinajstić information content (AvgIpc) is 3.40. The molecule has 1 saturated carbocycles. The van der Waals surface area contributed by atoms with Gasteiger partial charge in [0.15, 0.2) is 0 Å². The van der Waals surface area contributed by atoms with Crippen LogP contribution in [0.3, 0.4) is 0 Å². The van der Waals surface area contributed by atoms with Gasteiger partial charge in [-0.25, -0.2) is 9.59 Å². The number of rotatable bonds is 8. The number of alkyl carbamates (subject to hydrolysis) is 1. The number of carbonyl (C=O) groups is 3. The maximum atomic E-state index is 13.1. The van der Waals surface area contributed by atoms with E-state index in [9.17, 15) is 19.5 Å². The summed E-state index contributed by atoms with van der Waals surface area (Å²) in [7, 11) is 3.48. The zero-order valence-corrected chi connectivity index (χ0v) is 19.5. The Balaban J connectivity index is 1.44. The Morgan fingerprint density at radius 1 is 1.03 bits per heavy atom. The monoisotopic (exact) mass is 465 g/mol. The highest BCUT2D eigenvalue weighted by Crippen LogP contribution is 2.44. The molecule has 0 spiro atoms. The molecular weight excluding hydrogens is 434 g/mol. The Morgan fingerprint density at radius 3 is 2.12 bits per heavy atom. The van der Waals surface area contributed by atoms with Crippen LogP contribution in [-0.2, 0) is 14.3 Å². The fourth-order valence-electron chi connectivity index (χ4n) is 5.06. The quantitative estimate of drug-likeness (QED) is 0.553. The molecule has 8 heteroatoms. The van der Waals surface area contributed by atoms with Crippen LogP contribution in [0.2, 0.25) is 0 Å². The molecule has 2 aromatic rings. The maximum Gasteiger partial charge on any atom is 0.408 e. The number of benzene rings is 2. The fraction of sp³-hybridized carbons (Fsp3) is 0.423. The minimum Gasteiger partial charge on any atom is -0.480 e. The molecule has 0 radical (unpaired) electrons. The van der Waals surface area contributed by atoms with E-state index < -0.39 is 29.6 Å². The molecule has 0 aromatic heterocycles. The number of fused-ring (bicyclic) bond motifs is 3. The molecule has 2 aliphatic carbocycles. The number of carboxylic acid groups (broad SMARTS) is 1. The predicted octanol–water partition coefficient (Wildman–Crippen LogP) is 2.97. The van der Waals surface area contributed by atoms with E-state index in [0.717, 1.165) is 35.1 Å². The van der Waals surface area contributed by atoms with Crippen LogP contribution in [0.5, 0.6) is 0 Å². The number of nitrogens with zero attached hydrogens (tertiary/aromatic N) is 1. The summed E-state index contributed by atoms with van der Waals surface area (Å²) >= 11 is 0. The summed E-state index contributed by atoms with van der Waals surface area (Å²) in [5.74, 6) is -1.67. The topological polar surface area (TPSA) is 108 Å². The number of ether oxygens (including phenoxy) is 1. The van der Waals surface area contributed by atoms with Crippen LogP contribution in [0.4, 0.5) is 4.79 Å². The van der Waals surface area contributed by atoms with E-state index in [1.54, 1.807) is 19.0 Å². The first kappa shape index (κ1) is 23.8. The number of hydrogen-bond acceptors (Lipinski definition) is 5. The van der Waals surface area contributed by atoms with Crippen LogP contribution in [0, 0.1) is 0 Å². The molecule has 1 fully saturated rings. The maximum absolute atomic E-state index is 13.1. The van der Waals surface area contributed by atoms with Crippen molar-refractivity contribution in [3.8, 4) is 11.1 Å². The Morgan fingerprint density at radius 2 is 1.59 bits per heavy atom. The van der Waals surface area contributed by atoms with Crippen LogP contribution in [-0.4, -0.2) is 66.8 Å². The molecule has 0 aliphatic heterocycles. The van der Waals surface area contributed by atoms with Gasteiger partial charge in [0, 0.05) is 12.5 Å². The third-order valence-electron chi connectivity index (χ3n) is 6.73. The first-order valence-corrected chi connectivity index (χ1v) is 11.6. The molecule has 1 unspecified atom stereocenters. The van der Waals surface area contributed by atoms with E-state index in [1.807, 2.05) is 36.4 Å². The summed E-state index contributed by atoms with van der Waals surface area (Å²) in [6.07, 6.45) is 1.75. The second kappa shape index (κ2) is 9.85. The van der Waals surface area contributed by atoms with E-state index >= 15 is 0 Å². The van der Waals surface area contributed by atoms with Gasteiger partial charge >= 0.3 is 12.1 Å². The highest BCUT2D eigenvalue weighted by atomic mass is 16.5. The van der Waals surface area contributed by atoms with Crippen LogP contribution in [0.1, 0.15) is 42.7 Å². The average molecular weight is 466 g/mol. The Kier molecular flexibility index (Phi) is 6.88. The molecule has 8 nitrogen and oxygen atoms in total. The van der Waals surface area contributed by atoms with Crippen molar-refractivity contribution in [2.24, 2.45) is 0 Å². The van der Waals surface area contributed by atoms with Crippen molar-refractivity contribution in [1.82, 2.24) is 15.5 Å². The number of amides is 2. The molecule has 0 bridgehead atoms. The van der Waals surface area contributed by atoms with Gasteiger partial charge in [-0.3, -0.25) is 4.79 Å². The molecule has 3 N–H and O–H groups in total. The molecule has 0 saturated heterocycles. The van der Waals surface area contributed by atoms with E-state index in [0.29, 0.717) is 12.8 Å². The third-order valence-corrected chi connectivity index (χ3v) is 6.73. The molecule has 4 rings (SSSR count). The number of likely N-dealkylation sites (N-methyl/N-ethyl adjacent to an activating group) is 1. The zero-order chi connectivity index (χ0) is 24.3. The second-order valence-corrected chi connectivity index (χ2v) is 9.37. The Labute approximate surface area is 199 Å². The van der Waals surface area contributed by atoms with Crippen molar-refractivity contribution >= 4 is 18.0 Å². The lowest BCUT2D eigenvalue weighted by Crippen LogP contribution is -2.61. The molecule has 2 amide bonds. The van der Waals surface area contributed by atoms with Crippen molar-refractivity contribution < 1.29 is 24.2 Å². The smallest absolute Gasteiger partial charge is 0.408 e. The van der Waals surface area contributed by atoms with E-state index in [4.69, 9.17) is 4.74 Å². The fourth-order valence-corrected chi connectivity index (χ4v) is 5.06. The van der Waals surface area contributed by atoms with E-state index in [1.165, 1.54) is 0 Å². The number of hydrogen-bond donors (Lipinski definition) is 3. The minimum atomic E-state index is -1.16. The van der Waals surface area contributed by atoms with Gasteiger partial charge in [-0.2, -0.15) is 0 Å². The highest BCUT2D eigenvalue weighted by molar-refractivity contribution is 5.93. The lowest BCUT2D eigenvalue weighted by molar-refractivity contribution is -0.143. The number of carbonyl (C=O) groups excluding carboxylic acids is 2. The molecule has 1 atom stereocenters. The summed E-state index contributed by atoms with van der Waals surface area (Å²) in [4.78, 5) is 39.3. The van der Waals surface area contributed by atoms with Crippen LogP contribution < -0.4 is 10.6 Å². The van der Waals surface area contributed by atoms with Gasteiger partial charge in [0.1, 0.15) is 18.2 Å². The van der Waals surface area contributed by atoms with Crippen molar-refractivity contribution in [1.29, 1.82) is 0 Å². The number of aliphatic carboxylic acids is 1. The summed E-state index contributed by atoms with van der Waals surface area (Å²) < 4.78 is 5.64. The van der Waals surface area contributed by atoms with Gasteiger partial charge in [-0.1, -0.05) is 61.4 Å². The lowest BCUT2D eigenvalue weighted by Gasteiger charge is -2.30. The molecule has 0 heterocycles. The van der Waals surface area contributed by atoms with Crippen molar-refractivity contribution in [2.45, 2.75) is 43.2 Å². The molecule has 34 heavy (non-hydrogen) atoms. The van der Waals surface area contributed by atoms with Crippen molar-refractivity contribution in [3.63, 3.8) is 0 Å². The van der Waals surface area contributed by atoms with Crippen LogP contribution in [0.15, 0.2) is 48.5 Å². The van der Waals surface area contributed by atoms with Gasteiger partial charge in [0.2, 0.25) is 5.91 Å². The van der Waals surface area contributed by atoms with Gasteiger partial charge < -0.3 is 25.4 Å². The summed E-state index contributed by atoms with van der Waals surface area (Å²) in [6, 6.07) is 15.1. The van der Waals surface area contributed by atoms with Crippen molar-refractivity contribution in [3.05, 3.63) is 59.7 Å². The van der Waals surface area contributed by atoms with Gasteiger partial charge in [-0.15, -0.1) is 0 Å². The minimum absolute atomic E-state index is 0.0806. The molecule has 2 aliphatic rings. The standard InChI is InChI=1S/C26H31N3O5/c1-29(2)15-22(23(30)31)27-24(32)26(13-7-8-14-26)28-25(33)34-16-21-19-11-5-3-9-17(19)18-10-4-6-12-20(18)21/h3-6,9-12,21-22H,7-8,13-16H2,1-2H3,(H,27,32)(H,28,33)(H,30,31). The Hall–Kier alpha value is -3.39. The van der Waals surface area contributed by atoms with Gasteiger partial charge in [0.05, 0.1) is 0 Å². The Bertz CT molecular complexity index is 1030.